The first-order valence-corrected chi connectivity index (χ1v) is 2.32. The lowest BCUT2D eigenvalue weighted by Crippen LogP contribution is -2.59. The highest BCUT2D eigenvalue weighted by molar-refractivity contribution is 5.25. The minimum Gasteiger partial charge on any atom is -0.324 e. The summed E-state index contributed by atoms with van der Waals surface area (Å²) in [6, 6.07) is -0.361. The minimum absolute atomic E-state index is 0.361. The van der Waals surface area contributed by atoms with Gasteiger partial charge in [-0.15, -0.1) is 0 Å². The van der Waals surface area contributed by atoms with Gasteiger partial charge >= 0.3 is 0 Å². The number of nitrogens with zero attached hydrogens (tertiary/aromatic N) is 1. The molecule has 0 saturated heterocycles. The molecule has 0 aliphatic carbocycles. The van der Waals surface area contributed by atoms with Crippen molar-refractivity contribution < 1.29 is 0 Å². The van der Waals surface area contributed by atoms with Crippen molar-refractivity contribution in [2.24, 2.45) is 22.2 Å². The molecule has 0 aromatic carbocycles. The standard InChI is InChI=1S/C4H12N4/c1-3(5)4(6,7)8-2/h3H,2,5-7H2,1H3. The van der Waals surface area contributed by atoms with Crippen molar-refractivity contribution in [1.29, 1.82) is 0 Å². The Bertz CT molecular complexity index is 86.0. The Balaban J connectivity index is 3.90. The second-order valence-corrected chi connectivity index (χ2v) is 1.83. The summed E-state index contributed by atoms with van der Waals surface area (Å²) >= 11 is 0. The van der Waals surface area contributed by atoms with Gasteiger partial charge in [-0.2, -0.15) is 0 Å². The maximum Gasteiger partial charge on any atom is 0.173 e. The Hall–Kier alpha value is -0.450. The molecule has 0 aliphatic rings. The first kappa shape index (κ1) is 7.55. The van der Waals surface area contributed by atoms with Crippen LogP contribution >= 0.6 is 0 Å². The lowest BCUT2D eigenvalue weighted by molar-refractivity contribution is 0.393. The number of nitrogens with two attached hydrogens (primary N) is 3. The number of rotatable bonds is 2. The van der Waals surface area contributed by atoms with Crippen LogP contribution in [0, 0.1) is 0 Å². The largest absolute Gasteiger partial charge is 0.324 e. The van der Waals surface area contributed by atoms with Crippen molar-refractivity contribution in [2.75, 3.05) is 0 Å². The smallest absolute Gasteiger partial charge is 0.173 e. The van der Waals surface area contributed by atoms with Crippen molar-refractivity contribution in [3.63, 3.8) is 0 Å². The van der Waals surface area contributed by atoms with E-state index in [1.807, 2.05) is 0 Å². The van der Waals surface area contributed by atoms with E-state index in [0.717, 1.165) is 0 Å². The van der Waals surface area contributed by atoms with Crippen LogP contribution < -0.4 is 17.2 Å². The molecular formula is C4H12N4. The Labute approximate surface area is 48.7 Å². The van der Waals surface area contributed by atoms with E-state index in [9.17, 15) is 0 Å². The van der Waals surface area contributed by atoms with Crippen LogP contribution in [-0.4, -0.2) is 18.5 Å². The van der Waals surface area contributed by atoms with Gasteiger partial charge in [-0.1, -0.05) is 0 Å². The zero-order valence-corrected chi connectivity index (χ0v) is 4.96. The molecule has 4 heteroatoms. The molecule has 0 aromatic heterocycles. The Morgan fingerprint density at radius 1 is 1.62 bits per heavy atom. The molecule has 0 heterocycles. The van der Waals surface area contributed by atoms with E-state index in [2.05, 4.69) is 11.7 Å². The molecule has 4 nitrogen and oxygen atoms in total. The van der Waals surface area contributed by atoms with Gasteiger partial charge in [0, 0.05) is 0 Å². The van der Waals surface area contributed by atoms with Crippen LogP contribution in [0.3, 0.4) is 0 Å². The third-order valence-electron chi connectivity index (χ3n) is 1.00. The van der Waals surface area contributed by atoms with Crippen LogP contribution in [0.2, 0.25) is 0 Å². The quantitative estimate of drug-likeness (QED) is 0.306. The molecule has 1 unspecified atom stereocenters. The van der Waals surface area contributed by atoms with E-state index in [0.29, 0.717) is 0 Å². The van der Waals surface area contributed by atoms with Crippen LogP contribution in [0.5, 0.6) is 0 Å². The summed E-state index contributed by atoms with van der Waals surface area (Å²) in [6.07, 6.45) is 0. The molecule has 0 aliphatic heterocycles. The SMILES string of the molecule is C=NC(N)(N)C(C)N. The van der Waals surface area contributed by atoms with Crippen molar-refractivity contribution in [1.82, 2.24) is 0 Å². The molecule has 6 N–H and O–H groups in total. The van der Waals surface area contributed by atoms with Crippen molar-refractivity contribution in [2.45, 2.75) is 18.8 Å². The maximum absolute atomic E-state index is 5.30. The second kappa shape index (κ2) is 2.21. The third kappa shape index (κ3) is 1.57. The fourth-order valence-electron chi connectivity index (χ4n) is 0.144. The molecule has 1 atom stereocenters. The normalized spacial score (nSPS) is 15.5. The Morgan fingerprint density at radius 2 is 2.00 bits per heavy atom. The molecule has 48 valence electrons. The van der Waals surface area contributed by atoms with E-state index < -0.39 is 5.79 Å². The maximum atomic E-state index is 5.30. The van der Waals surface area contributed by atoms with E-state index in [4.69, 9.17) is 17.2 Å². The van der Waals surface area contributed by atoms with Crippen molar-refractivity contribution in [3.05, 3.63) is 0 Å². The van der Waals surface area contributed by atoms with Gasteiger partial charge in [-0.3, -0.25) is 16.5 Å². The molecule has 8 heavy (non-hydrogen) atoms. The first-order valence-electron chi connectivity index (χ1n) is 2.32. The van der Waals surface area contributed by atoms with Gasteiger partial charge in [0.25, 0.3) is 0 Å². The zero-order chi connectivity index (χ0) is 6.78. The van der Waals surface area contributed by atoms with Gasteiger partial charge in [-0.25, -0.2) is 0 Å². The van der Waals surface area contributed by atoms with Gasteiger partial charge in [0.1, 0.15) is 0 Å². The highest BCUT2D eigenvalue weighted by Gasteiger charge is 2.20. The van der Waals surface area contributed by atoms with Crippen LogP contribution in [0.25, 0.3) is 0 Å². The predicted octanol–water partition coefficient (Wildman–Crippen LogP) is -1.39. The van der Waals surface area contributed by atoms with Crippen LogP contribution in [0.1, 0.15) is 6.92 Å². The highest BCUT2D eigenvalue weighted by Crippen LogP contribution is 1.94. The average Bonchev–Trinajstić information content (AvgIpc) is 1.67. The molecule has 0 fully saturated rings. The average molecular weight is 116 g/mol. The van der Waals surface area contributed by atoms with Gasteiger partial charge in [0.05, 0.1) is 6.04 Å². The van der Waals surface area contributed by atoms with Gasteiger partial charge in [-0.05, 0) is 13.6 Å². The zero-order valence-electron chi connectivity index (χ0n) is 4.96. The summed E-state index contributed by atoms with van der Waals surface area (Å²) in [4.78, 5) is 3.40. The molecule has 0 amide bonds. The molecule has 0 saturated carbocycles. The van der Waals surface area contributed by atoms with Crippen LogP contribution in [0.4, 0.5) is 0 Å². The molecule has 0 radical (unpaired) electrons. The molecule has 0 spiro atoms. The Kier molecular flexibility index (Phi) is 2.09. The van der Waals surface area contributed by atoms with Gasteiger partial charge in [0.15, 0.2) is 5.79 Å². The molecule has 0 rings (SSSR count). The summed E-state index contributed by atoms with van der Waals surface area (Å²) in [5.74, 6) is -1.17. The molecular weight excluding hydrogens is 104 g/mol. The molecule has 0 bridgehead atoms. The highest BCUT2D eigenvalue weighted by atomic mass is 15.2. The number of aliphatic imine (C=N–C) groups is 1. The lowest BCUT2D eigenvalue weighted by Gasteiger charge is -2.22. The van der Waals surface area contributed by atoms with Crippen LogP contribution in [-0.2, 0) is 0 Å². The summed E-state index contributed by atoms with van der Waals surface area (Å²) in [7, 11) is 0. The molecule has 0 aromatic rings. The van der Waals surface area contributed by atoms with Gasteiger partial charge in [0.2, 0.25) is 0 Å². The minimum atomic E-state index is -1.17. The Morgan fingerprint density at radius 3 is 2.00 bits per heavy atom. The van der Waals surface area contributed by atoms with Gasteiger partial charge < -0.3 is 5.73 Å². The van der Waals surface area contributed by atoms with E-state index in [1.165, 1.54) is 0 Å². The summed E-state index contributed by atoms with van der Waals surface area (Å²) in [5, 5.41) is 0. The number of hydrogen-bond donors (Lipinski definition) is 3. The van der Waals surface area contributed by atoms with E-state index in [-0.39, 0.29) is 6.04 Å². The summed E-state index contributed by atoms with van der Waals surface area (Å²) < 4.78 is 0. The number of hydrogen-bond acceptors (Lipinski definition) is 4. The van der Waals surface area contributed by atoms with Crippen LogP contribution in [0.15, 0.2) is 4.99 Å². The monoisotopic (exact) mass is 116 g/mol. The summed E-state index contributed by atoms with van der Waals surface area (Å²) in [6.45, 7) is 4.85. The predicted molar refractivity (Wildman–Crippen MR) is 34.3 cm³/mol. The second-order valence-electron chi connectivity index (χ2n) is 1.83. The lowest BCUT2D eigenvalue weighted by atomic mass is 10.2. The van der Waals surface area contributed by atoms with Crippen molar-refractivity contribution >= 4 is 6.72 Å². The third-order valence-corrected chi connectivity index (χ3v) is 1.00. The fraction of sp³-hybridized carbons (Fsp3) is 0.750. The van der Waals surface area contributed by atoms with E-state index >= 15 is 0 Å². The summed E-state index contributed by atoms with van der Waals surface area (Å²) in [5.41, 5.74) is 15.9. The topological polar surface area (TPSA) is 90.4 Å². The first-order chi connectivity index (χ1) is 3.50. The fourth-order valence-corrected chi connectivity index (χ4v) is 0.144. The van der Waals surface area contributed by atoms with Crippen molar-refractivity contribution in [3.8, 4) is 0 Å². The van der Waals surface area contributed by atoms with E-state index in [1.54, 1.807) is 6.92 Å².